The zero-order valence-corrected chi connectivity index (χ0v) is 14.5. The zero-order valence-electron chi connectivity index (χ0n) is 13.7. The number of benzene rings is 1. The normalized spacial score (nSPS) is 20.8. The third-order valence-corrected chi connectivity index (χ3v) is 4.55. The minimum Gasteiger partial charge on any atom is -0.454 e. The third kappa shape index (κ3) is 3.44. The predicted octanol–water partition coefficient (Wildman–Crippen LogP) is 3.34. The van der Waals surface area contributed by atoms with Gasteiger partial charge in [0.25, 0.3) is 5.82 Å². The Hall–Kier alpha value is -1.92. The molecule has 24 heavy (non-hydrogen) atoms. The van der Waals surface area contributed by atoms with Crippen LogP contribution < -0.4 is 0 Å². The van der Waals surface area contributed by atoms with Gasteiger partial charge in [0.1, 0.15) is 11.9 Å². The van der Waals surface area contributed by atoms with E-state index in [9.17, 15) is 4.79 Å². The molecule has 1 fully saturated rings. The van der Waals surface area contributed by atoms with Gasteiger partial charge in [-0.3, -0.25) is 0 Å². The van der Waals surface area contributed by atoms with Crippen LogP contribution in [0.2, 0.25) is 5.02 Å². The molecule has 0 aliphatic heterocycles. The maximum Gasteiger partial charge on any atom is 0.378 e. The van der Waals surface area contributed by atoms with Crippen LogP contribution in [0, 0.1) is 6.92 Å². The monoisotopic (exact) mass is 349 g/mol. The summed E-state index contributed by atoms with van der Waals surface area (Å²) in [6, 6.07) is 7.27. The number of rotatable bonds is 4. The molecule has 128 valence electrons. The van der Waals surface area contributed by atoms with E-state index in [1.54, 1.807) is 24.8 Å². The van der Waals surface area contributed by atoms with E-state index in [1.807, 2.05) is 18.2 Å². The maximum absolute atomic E-state index is 12.4. The molecule has 1 aromatic heterocycles. The Balaban J connectivity index is 1.79. The van der Waals surface area contributed by atoms with Crippen molar-refractivity contribution in [3.8, 4) is 5.69 Å². The maximum atomic E-state index is 12.4. The van der Waals surface area contributed by atoms with Crippen LogP contribution in [0.4, 0.5) is 0 Å². The first-order valence-electron chi connectivity index (χ1n) is 8.02. The van der Waals surface area contributed by atoms with E-state index >= 15 is 0 Å². The Morgan fingerprint density at radius 3 is 2.67 bits per heavy atom. The Morgan fingerprint density at radius 1 is 1.25 bits per heavy atom. The molecular formula is C17H20ClN3O3. The van der Waals surface area contributed by atoms with E-state index in [2.05, 4.69) is 10.1 Å². The number of halogens is 1. The van der Waals surface area contributed by atoms with E-state index in [1.165, 1.54) is 0 Å². The SMILES string of the molecule is CO[C@H]1CCCC[C@H]1OC(=O)c1nc(C)n(-c2ccccc2Cl)n1. The van der Waals surface area contributed by atoms with E-state index in [0.717, 1.165) is 25.7 Å². The summed E-state index contributed by atoms with van der Waals surface area (Å²) in [5.74, 6) is 0.0766. The number of ether oxygens (including phenoxy) is 2. The van der Waals surface area contributed by atoms with Crippen molar-refractivity contribution in [2.24, 2.45) is 0 Å². The van der Waals surface area contributed by atoms with Gasteiger partial charge in [-0.2, -0.15) is 0 Å². The van der Waals surface area contributed by atoms with Crippen molar-refractivity contribution in [3.05, 3.63) is 40.9 Å². The molecule has 0 saturated heterocycles. The molecule has 0 amide bonds. The minimum absolute atomic E-state index is 0.0350. The van der Waals surface area contributed by atoms with Crippen molar-refractivity contribution in [1.82, 2.24) is 14.8 Å². The average molecular weight is 350 g/mol. The second-order valence-corrected chi connectivity index (χ2v) is 6.26. The largest absolute Gasteiger partial charge is 0.454 e. The number of carbonyl (C=O) groups is 1. The van der Waals surface area contributed by atoms with Crippen molar-refractivity contribution < 1.29 is 14.3 Å². The smallest absolute Gasteiger partial charge is 0.378 e. The number of hydrogen-bond acceptors (Lipinski definition) is 5. The minimum atomic E-state index is -0.530. The fourth-order valence-corrected chi connectivity index (χ4v) is 3.20. The van der Waals surface area contributed by atoms with E-state index < -0.39 is 5.97 Å². The van der Waals surface area contributed by atoms with Crippen LogP contribution in [0.1, 0.15) is 42.1 Å². The Labute approximate surface area is 145 Å². The molecule has 3 rings (SSSR count). The number of para-hydroxylation sites is 1. The quantitative estimate of drug-likeness (QED) is 0.792. The molecule has 1 heterocycles. The van der Waals surface area contributed by atoms with Crippen LogP contribution in [-0.2, 0) is 9.47 Å². The summed E-state index contributed by atoms with van der Waals surface area (Å²) in [5.41, 5.74) is 0.677. The van der Waals surface area contributed by atoms with Gasteiger partial charge >= 0.3 is 5.97 Å². The fraction of sp³-hybridized carbons (Fsp3) is 0.471. The first-order chi connectivity index (χ1) is 11.6. The van der Waals surface area contributed by atoms with Gasteiger partial charge in [-0.1, -0.05) is 30.2 Å². The molecule has 0 bridgehead atoms. The number of carbonyl (C=O) groups excluding carboxylic acids is 1. The number of aryl methyl sites for hydroxylation is 1. The standard InChI is InChI=1S/C17H20ClN3O3/c1-11-19-16(20-21(11)13-8-4-3-7-12(13)18)17(22)24-15-10-6-5-9-14(15)23-2/h3-4,7-8,14-15H,5-6,9-10H2,1-2H3/t14-,15+/m0/s1. The summed E-state index contributed by atoms with van der Waals surface area (Å²) >= 11 is 6.19. The number of hydrogen-bond donors (Lipinski definition) is 0. The summed E-state index contributed by atoms with van der Waals surface area (Å²) < 4.78 is 12.5. The summed E-state index contributed by atoms with van der Waals surface area (Å²) in [7, 11) is 1.64. The molecule has 7 heteroatoms. The molecule has 1 aliphatic rings. The van der Waals surface area contributed by atoms with Crippen molar-refractivity contribution in [3.63, 3.8) is 0 Å². The van der Waals surface area contributed by atoms with E-state index in [4.69, 9.17) is 21.1 Å². The highest BCUT2D eigenvalue weighted by Crippen LogP contribution is 2.24. The van der Waals surface area contributed by atoms with Crippen LogP contribution >= 0.6 is 11.6 Å². The molecule has 0 spiro atoms. The molecule has 0 N–H and O–H groups in total. The van der Waals surface area contributed by atoms with Gasteiger partial charge in [0.15, 0.2) is 0 Å². The third-order valence-electron chi connectivity index (χ3n) is 4.24. The van der Waals surface area contributed by atoms with Crippen molar-refractivity contribution in [2.75, 3.05) is 7.11 Å². The van der Waals surface area contributed by atoms with Gasteiger partial charge in [0.05, 0.1) is 16.8 Å². The fourth-order valence-electron chi connectivity index (χ4n) is 2.99. The lowest BCUT2D eigenvalue weighted by Crippen LogP contribution is -2.35. The lowest BCUT2D eigenvalue weighted by Gasteiger charge is -2.29. The van der Waals surface area contributed by atoms with Crippen molar-refractivity contribution >= 4 is 17.6 Å². The van der Waals surface area contributed by atoms with Gasteiger partial charge in [-0.25, -0.2) is 14.5 Å². The molecule has 6 nitrogen and oxygen atoms in total. The van der Waals surface area contributed by atoms with E-state index in [-0.39, 0.29) is 18.0 Å². The molecule has 0 unspecified atom stereocenters. The van der Waals surface area contributed by atoms with Gasteiger partial charge < -0.3 is 9.47 Å². The molecule has 0 radical (unpaired) electrons. The summed E-state index contributed by atoms with van der Waals surface area (Å²) in [6.45, 7) is 1.77. The average Bonchev–Trinajstić information content (AvgIpc) is 2.97. The highest BCUT2D eigenvalue weighted by Gasteiger charge is 2.30. The molecule has 2 aromatic rings. The number of esters is 1. The van der Waals surface area contributed by atoms with Gasteiger partial charge in [-0.05, 0) is 38.3 Å². The first-order valence-corrected chi connectivity index (χ1v) is 8.40. The number of nitrogens with zero attached hydrogens (tertiary/aromatic N) is 3. The first kappa shape index (κ1) is 16.9. The lowest BCUT2D eigenvalue weighted by molar-refractivity contribution is -0.0545. The van der Waals surface area contributed by atoms with Crippen LogP contribution in [0.25, 0.3) is 5.69 Å². The molecule has 1 saturated carbocycles. The predicted molar refractivity (Wildman–Crippen MR) is 89.6 cm³/mol. The summed E-state index contributed by atoms with van der Waals surface area (Å²) in [6.07, 6.45) is 3.51. The molecule has 1 aromatic carbocycles. The lowest BCUT2D eigenvalue weighted by atomic mass is 9.94. The highest BCUT2D eigenvalue weighted by atomic mass is 35.5. The van der Waals surface area contributed by atoms with Gasteiger partial charge in [-0.15, -0.1) is 5.10 Å². The Kier molecular flexibility index (Phi) is 5.16. The summed E-state index contributed by atoms with van der Waals surface area (Å²) in [4.78, 5) is 16.6. The van der Waals surface area contributed by atoms with E-state index in [0.29, 0.717) is 16.5 Å². The van der Waals surface area contributed by atoms with Gasteiger partial charge in [0.2, 0.25) is 0 Å². The Morgan fingerprint density at radius 2 is 1.96 bits per heavy atom. The van der Waals surface area contributed by atoms with Crippen LogP contribution in [0.15, 0.2) is 24.3 Å². The van der Waals surface area contributed by atoms with Crippen molar-refractivity contribution in [1.29, 1.82) is 0 Å². The number of aromatic nitrogens is 3. The number of methoxy groups -OCH3 is 1. The molecule has 1 aliphatic carbocycles. The molecular weight excluding hydrogens is 330 g/mol. The van der Waals surface area contributed by atoms with Crippen molar-refractivity contribution in [2.45, 2.75) is 44.8 Å². The van der Waals surface area contributed by atoms with Crippen LogP contribution in [0.3, 0.4) is 0 Å². The van der Waals surface area contributed by atoms with Crippen LogP contribution in [0.5, 0.6) is 0 Å². The van der Waals surface area contributed by atoms with Crippen LogP contribution in [-0.4, -0.2) is 40.1 Å². The summed E-state index contributed by atoms with van der Waals surface area (Å²) in [5, 5.41) is 4.80. The Bertz CT molecular complexity index is 732. The zero-order chi connectivity index (χ0) is 17.1. The highest BCUT2D eigenvalue weighted by molar-refractivity contribution is 6.32. The van der Waals surface area contributed by atoms with Gasteiger partial charge in [0, 0.05) is 7.11 Å². The second-order valence-electron chi connectivity index (χ2n) is 5.85. The molecule has 2 atom stereocenters. The topological polar surface area (TPSA) is 66.2 Å². The second kappa shape index (κ2) is 7.32.